The second kappa shape index (κ2) is 6.26. The minimum absolute atomic E-state index is 0.0199. The summed E-state index contributed by atoms with van der Waals surface area (Å²) in [6.45, 7) is 3.54. The van der Waals surface area contributed by atoms with Crippen LogP contribution >= 0.6 is 0 Å². The van der Waals surface area contributed by atoms with Crippen LogP contribution in [-0.4, -0.2) is 39.2 Å². The Balaban J connectivity index is 1.31. The highest BCUT2D eigenvalue weighted by atomic mass is 16.2. The van der Waals surface area contributed by atoms with Crippen molar-refractivity contribution in [2.24, 2.45) is 0 Å². The Bertz CT molecular complexity index is 711. The molecule has 0 atom stereocenters. The molecule has 2 aliphatic rings. The standard InChI is InChI=1S/C18H23N5O/c1-12-2-6-15(7-3-12)19-18(24)23-10-8-14(9-11-23)17-20-16(21-22-17)13-4-5-13/h2-3,6-7,13-14H,4-5,8-11H2,1H3,(H,19,24)(H,20,21,22). The molecule has 1 saturated carbocycles. The van der Waals surface area contributed by atoms with E-state index in [1.165, 1.54) is 18.4 Å². The van der Waals surface area contributed by atoms with Crippen molar-refractivity contribution in [2.75, 3.05) is 18.4 Å². The molecule has 6 heteroatoms. The monoisotopic (exact) mass is 325 g/mol. The first kappa shape index (κ1) is 15.2. The van der Waals surface area contributed by atoms with Gasteiger partial charge in [0.2, 0.25) is 0 Å². The molecule has 2 fully saturated rings. The number of rotatable bonds is 3. The van der Waals surface area contributed by atoms with Gasteiger partial charge in [0.1, 0.15) is 5.82 Å². The van der Waals surface area contributed by atoms with Gasteiger partial charge in [-0.3, -0.25) is 5.10 Å². The topological polar surface area (TPSA) is 73.9 Å². The minimum Gasteiger partial charge on any atom is -0.324 e. The van der Waals surface area contributed by atoms with Gasteiger partial charge in [0.05, 0.1) is 0 Å². The fourth-order valence-corrected chi connectivity index (χ4v) is 3.19. The fourth-order valence-electron chi connectivity index (χ4n) is 3.19. The number of amides is 2. The summed E-state index contributed by atoms with van der Waals surface area (Å²) in [6.07, 6.45) is 4.30. The highest BCUT2D eigenvalue weighted by Gasteiger charge is 2.30. The third-order valence-corrected chi connectivity index (χ3v) is 4.93. The van der Waals surface area contributed by atoms with E-state index in [0.29, 0.717) is 11.8 Å². The minimum atomic E-state index is -0.0199. The van der Waals surface area contributed by atoms with Gasteiger partial charge >= 0.3 is 6.03 Å². The highest BCUT2D eigenvalue weighted by Crippen LogP contribution is 2.38. The average Bonchev–Trinajstić information content (AvgIpc) is 3.34. The van der Waals surface area contributed by atoms with E-state index in [4.69, 9.17) is 0 Å². The summed E-state index contributed by atoms with van der Waals surface area (Å²) in [5.41, 5.74) is 2.03. The average molecular weight is 325 g/mol. The van der Waals surface area contributed by atoms with Crippen molar-refractivity contribution in [3.63, 3.8) is 0 Å². The van der Waals surface area contributed by atoms with Crippen molar-refractivity contribution in [1.29, 1.82) is 0 Å². The lowest BCUT2D eigenvalue weighted by molar-refractivity contribution is 0.193. The van der Waals surface area contributed by atoms with E-state index < -0.39 is 0 Å². The van der Waals surface area contributed by atoms with Gasteiger partial charge in [0.25, 0.3) is 0 Å². The second-order valence-electron chi connectivity index (χ2n) is 6.91. The molecular formula is C18H23N5O. The van der Waals surface area contributed by atoms with Crippen LogP contribution < -0.4 is 5.32 Å². The molecule has 1 aliphatic heterocycles. The van der Waals surface area contributed by atoms with Crippen molar-refractivity contribution >= 4 is 11.7 Å². The molecule has 0 radical (unpaired) electrons. The summed E-state index contributed by atoms with van der Waals surface area (Å²) in [4.78, 5) is 18.9. The SMILES string of the molecule is Cc1ccc(NC(=O)N2CCC(c3nc(C4CC4)n[nH]3)CC2)cc1. The molecule has 4 rings (SSSR count). The number of carbonyl (C=O) groups is 1. The van der Waals surface area contributed by atoms with E-state index in [2.05, 4.69) is 20.5 Å². The van der Waals surface area contributed by atoms with Gasteiger partial charge in [-0.2, -0.15) is 5.10 Å². The van der Waals surface area contributed by atoms with E-state index in [1.807, 2.05) is 36.1 Å². The van der Waals surface area contributed by atoms with Gasteiger partial charge in [-0.25, -0.2) is 9.78 Å². The number of hydrogen-bond acceptors (Lipinski definition) is 3. The van der Waals surface area contributed by atoms with Gasteiger partial charge in [0, 0.05) is 30.6 Å². The number of nitrogens with one attached hydrogen (secondary N) is 2. The maximum atomic E-state index is 12.4. The van der Waals surface area contributed by atoms with Crippen LogP contribution in [0.15, 0.2) is 24.3 Å². The van der Waals surface area contributed by atoms with Gasteiger partial charge in [-0.15, -0.1) is 0 Å². The molecule has 24 heavy (non-hydrogen) atoms. The van der Waals surface area contributed by atoms with Crippen molar-refractivity contribution in [3.05, 3.63) is 41.5 Å². The molecule has 2 N–H and O–H groups in total. The van der Waals surface area contributed by atoms with Crippen LogP contribution in [0.25, 0.3) is 0 Å². The first-order chi connectivity index (χ1) is 11.7. The zero-order chi connectivity index (χ0) is 16.5. The number of aromatic amines is 1. The Labute approximate surface area is 141 Å². The first-order valence-electron chi connectivity index (χ1n) is 8.74. The molecule has 1 aliphatic carbocycles. The molecule has 6 nitrogen and oxygen atoms in total. The van der Waals surface area contributed by atoms with Crippen molar-refractivity contribution in [3.8, 4) is 0 Å². The summed E-state index contributed by atoms with van der Waals surface area (Å²) in [5, 5.41) is 10.4. The lowest BCUT2D eigenvalue weighted by Gasteiger charge is -2.31. The predicted octanol–water partition coefficient (Wildman–Crippen LogP) is 3.40. The van der Waals surface area contributed by atoms with Crippen LogP contribution in [0, 0.1) is 6.92 Å². The fraction of sp³-hybridized carbons (Fsp3) is 0.500. The third kappa shape index (κ3) is 3.27. The Morgan fingerprint density at radius 3 is 2.50 bits per heavy atom. The number of hydrogen-bond donors (Lipinski definition) is 2. The number of H-pyrrole nitrogens is 1. The quantitative estimate of drug-likeness (QED) is 0.908. The van der Waals surface area contributed by atoms with E-state index in [1.54, 1.807) is 0 Å². The lowest BCUT2D eigenvalue weighted by Crippen LogP contribution is -2.40. The van der Waals surface area contributed by atoms with Crippen LogP contribution in [0.3, 0.4) is 0 Å². The van der Waals surface area contributed by atoms with Crippen molar-refractivity contribution in [1.82, 2.24) is 20.1 Å². The van der Waals surface area contributed by atoms with E-state index in [0.717, 1.165) is 43.3 Å². The van der Waals surface area contributed by atoms with Crippen LogP contribution in [-0.2, 0) is 0 Å². The number of likely N-dealkylation sites (tertiary alicyclic amines) is 1. The van der Waals surface area contributed by atoms with Crippen molar-refractivity contribution in [2.45, 2.75) is 44.4 Å². The summed E-state index contributed by atoms with van der Waals surface area (Å²) >= 11 is 0. The molecule has 2 aromatic rings. The summed E-state index contributed by atoms with van der Waals surface area (Å²) in [5.74, 6) is 2.93. The summed E-state index contributed by atoms with van der Waals surface area (Å²) in [6, 6.07) is 7.86. The van der Waals surface area contributed by atoms with Gasteiger partial charge in [-0.05, 0) is 44.7 Å². The zero-order valence-electron chi connectivity index (χ0n) is 14.0. The van der Waals surface area contributed by atoms with Crippen LogP contribution in [0.2, 0.25) is 0 Å². The molecule has 0 unspecified atom stereocenters. The Morgan fingerprint density at radius 1 is 1.12 bits per heavy atom. The molecule has 126 valence electrons. The number of benzene rings is 1. The van der Waals surface area contributed by atoms with Crippen LogP contribution in [0.1, 0.15) is 54.7 Å². The number of aromatic nitrogens is 3. The van der Waals surface area contributed by atoms with E-state index in [9.17, 15) is 4.79 Å². The molecule has 1 aromatic heterocycles. The number of nitrogens with zero attached hydrogens (tertiary/aromatic N) is 3. The molecule has 0 bridgehead atoms. The van der Waals surface area contributed by atoms with E-state index >= 15 is 0 Å². The summed E-state index contributed by atoms with van der Waals surface area (Å²) < 4.78 is 0. The van der Waals surface area contributed by atoms with Crippen LogP contribution in [0.4, 0.5) is 10.5 Å². The molecule has 0 spiro atoms. The number of urea groups is 1. The Kier molecular flexibility index (Phi) is 3.96. The predicted molar refractivity (Wildman–Crippen MR) is 92.1 cm³/mol. The van der Waals surface area contributed by atoms with Gasteiger partial charge in [0.15, 0.2) is 5.82 Å². The second-order valence-corrected chi connectivity index (χ2v) is 6.91. The number of anilines is 1. The number of carbonyl (C=O) groups excluding carboxylic acids is 1. The molecular weight excluding hydrogens is 302 g/mol. The summed E-state index contributed by atoms with van der Waals surface area (Å²) in [7, 11) is 0. The van der Waals surface area contributed by atoms with Crippen LogP contribution in [0.5, 0.6) is 0 Å². The maximum Gasteiger partial charge on any atom is 0.321 e. The smallest absolute Gasteiger partial charge is 0.321 e. The lowest BCUT2D eigenvalue weighted by atomic mass is 9.96. The molecule has 2 amide bonds. The third-order valence-electron chi connectivity index (χ3n) is 4.93. The van der Waals surface area contributed by atoms with E-state index in [-0.39, 0.29) is 6.03 Å². The maximum absolute atomic E-state index is 12.4. The highest BCUT2D eigenvalue weighted by molar-refractivity contribution is 5.89. The number of piperidine rings is 1. The normalized spacial score (nSPS) is 18.6. The van der Waals surface area contributed by atoms with Crippen molar-refractivity contribution < 1.29 is 4.79 Å². The van der Waals surface area contributed by atoms with Gasteiger partial charge < -0.3 is 10.2 Å². The molecule has 2 heterocycles. The largest absolute Gasteiger partial charge is 0.324 e. The zero-order valence-corrected chi connectivity index (χ0v) is 14.0. The Morgan fingerprint density at radius 2 is 1.83 bits per heavy atom. The number of aryl methyl sites for hydroxylation is 1. The Hall–Kier alpha value is -2.37. The first-order valence-corrected chi connectivity index (χ1v) is 8.74. The van der Waals surface area contributed by atoms with Gasteiger partial charge in [-0.1, -0.05) is 17.7 Å². The molecule has 1 aromatic carbocycles. The molecule has 1 saturated heterocycles.